The van der Waals surface area contributed by atoms with Crippen LogP contribution in [-0.2, 0) is 4.79 Å². The molecular weight excluding hydrogens is 276 g/mol. The molecule has 1 rings (SSSR count). The van der Waals surface area contributed by atoms with Gasteiger partial charge in [0.15, 0.2) is 0 Å². The van der Waals surface area contributed by atoms with Gasteiger partial charge in [-0.05, 0) is 37.5 Å². The first-order valence-electron chi connectivity index (χ1n) is 6.38. The second kappa shape index (κ2) is 8.47. The van der Waals surface area contributed by atoms with Crippen LogP contribution in [0, 0.1) is 0 Å². The Hall–Kier alpha value is -1.69. The molecular formula is C14H20N2O3S. The summed E-state index contributed by atoms with van der Waals surface area (Å²) in [5, 5.41) is 11.8. The molecule has 0 bridgehead atoms. The number of anilines is 1. The lowest BCUT2D eigenvalue weighted by molar-refractivity contribution is -0.135. The van der Waals surface area contributed by atoms with E-state index >= 15 is 0 Å². The van der Waals surface area contributed by atoms with Crippen molar-refractivity contribution in [2.24, 2.45) is 0 Å². The minimum atomic E-state index is -1.04. The summed E-state index contributed by atoms with van der Waals surface area (Å²) in [5.41, 5.74) is 0.574. The molecule has 2 N–H and O–H groups in total. The van der Waals surface area contributed by atoms with Gasteiger partial charge in [-0.1, -0.05) is 18.2 Å². The SMILES string of the molecule is CSCCC(C)NC(=O)N(CC(=O)O)c1ccccc1. The van der Waals surface area contributed by atoms with E-state index in [0.717, 1.165) is 12.2 Å². The van der Waals surface area contributed by atoms with Crippen molar-refractivity contribution < 1.29 is 14.7 Å². The van der Waals surface area contributed by atoms with Crippen molar-refractivity contribution >= 4 is 29.4 Å². The maximum Gasteiger partial charge on any atom is 0.323 e. The number of aliphatic carboxylic acids is 1. The normalized spacial score (nSPS) is 11.7. The van der Waals surface area contributed by atoms with E-state index < -0.39 is 5.97 Å². The molecule has 0 aliphatic rings. The predicted molar refractivity (Wildman–Crippen MR) is 82.4 cm³/mol. The number of benzene rings is 1. The van der Waals surface area contributed by atoms with Gasteiger partial charge in [0.2, 0.25) is 0 Å². The highest BCUT2D eigenvalue weighted by atomic mass is 32.2. The number of amides is 2. The summed E-state index contributed by atoms with van der Waals surface area (Å²) in [4.78, 5) is 24.4. The van der Waals surface area contributed by atoms with Crippen LogP contribution < -0.4 is 10.2 Å². The smallest absolute Gasteiger partial charge is 0.323 e. The van der Waals surface area contributed by atoms with Crippen LogP contribution in [-0.4, -0.2) is 41.7 Å². The van der Waals surface area contributed by atoms with Crippen LogP contribution in [0.5, 0.6) is 0 Å². The lowest BCUT2D eigenvalue weighted by atomic mass is 10.2. The zero-order chi connectivity index (χ0) is 15.0. The standard InChI is InChI=1S/C14H20N2O3S/c1-11(8-9-20-2)15-14(19)16(10-13(17)18)12-6-4-3-5-7-12/h3-7,11H,8-10H2,1-2H3,(H,15,19)(H,17,18). The van der Waals surface area contributed by atoms with E-state index in [0.29, 0.717) is 5.69 Å². The van der Waals surface area contributed by atoms with Gasteiger partial charge in [0.25, 0.3) is 0 Å². The Morgan fingerprint density at radius 2 is 2.00 bits per heavy atom. The van der Waals surface area contributed by atoms with Gasteiger partial charge >= 0.3 is 12.0 Å². The molecule has 2 amide bonds. The lowest BCUT2D eigenvalue weighted by Gasteiger charge is -2.23. The maximum absolute atomic E-state index is 12.2. The number of carboxylic acid groups (broad SMARTS) is 1. The van der Waals surface area contributed by atoms with Crippen molar-refractivity contribution in [1.82, 2.24) is 5.32 Å². The number of thioether (sulfide) groups is 1. The topological polar surface area (TPSA) is 69.6 Å². The number of nitrogens with one attached hydrogen (secondary N) is 1. The molecule has 1 atom stereocenters. The average Bonchev–Trinajstić information content (AvgIpc) is 2.43. The number of urea groups is 1. The quantitative estimate of drug-likeness (QED) is 0.811. The fourth-order valence-corrected chi connectivity index (χ4v) is 2.27. The molecule has 0 saturated carbocycles. The molecule has 1 unspecified atom stereocenters. The van der Waals surface area contributed by atoms with Gasteiger partial charge in [0.1, 0.15) is 6.54 Å². The summed E-state index contributed by atoms with van der Waals surface area (Å²) in [6.45, 7) is 1.56. The molecule has 5 nitrogen and oxygen atoms in total. The van der Waals surface area contributed by atoms with E-state index in [1.807, 2.05) is 19.2 Å². The molecule has 1 aromatic rings. The van der Waals surface area contributed by atoms with Crippen LogP contribution in [0.15, 0.2) is 30.3 Å². The van der Waals surface area contributed by atoms with E-state index in [4.69, 9.17) is 5.11 Å². The predicted octanol–water partition coefficient (Wildman–Crippen LogP) is 2.43. The van der Waals surface area contributed by atoms with E-state index in [1.54, 1.807) is 36.0 Å². The minimum Gasteiger partial charge on any atom is -0.480 e. The first-order chi connectivity index (χ1) is 9.54. The third-order valence-corrected chi connectivity index (χ3v) is 3.38. The highest BCUT2D eigenvalue weighted by Crippen LogP contribution is 2.13. The Balaban J connectivity index is 2.73. The third-order valence-electron chi connectivity index (χ3n) is 2.73. The Morgan fingerprint density at radius 3 is 2.55 bits per heavy atom. The van der Waals surface area contributed by atoms with Crippen LogP contribution in [0.3, 0.4) is 0 Å². The molecule has 0 aromatic heterocycles. The van der Waals surface area contributed by atoms with E-state index in [-0.39, 0.29) is 18.6 Å². The van der Waals surface area contributed by atoms with Gasteiger partial charge in [-0.2, -0.15) is 11.8 Å². The molecule has 1 aromatic carbocycles. The summed E-state index contributed by atoms with van der Waals surface area (Å²) < 4.78 is 0. The number of hydrogen-bond acceptors (Lipinski definition) is 3. The van der Waals surface area contributed by atoms with Gasteiger partial charge in [-0.25, -0.2) is 4.79 Å². The summed E-state index contributed by atoms with van der Waals surface area (Å²) in [5.74, 6) is -0.0908. The van der Waals surface area contributed by atoms with Crippen LogP contribution >= 0.6 is 11.8 Å². The number of carboxylic acids is 1. The highest BCUT2D eigenvalue weighted by Gasteiger charge is 2.19. The molecule has 6 heteroatoms. The summed E-state index contributed by atoms with van der Waals surface area (Å²) in [7, 11) is 0. The number of carbonyl (C=O) groups is 2. The molecule has 0 aliphatic heterocycles. The van der Waals surface area contributed by atoms with Crippen LogP contribution in [0.4, 0.5) is 10.5 Å². The Morgan fingerprint density at radius 1 is 1.35 bits per heavy atom. The van der Waals surface area contributed by atoms with Gasteiger partial charge in [-0.3, -0.25) is 9.69 Å². The Kier molecular flexibility index (Phi) is 6.93. The largest absolute Gasteiger partial charge is 0.480 e. The Labute approximate surface area is 123 Å². The van der Waals surface area contributed by atoms with E-state index in [2.05, 4.69) is 5.32 Å². The number of hydrogen-bond donors (Lipinski definition) is 2. The number of carbonyl (C=O) groups excluding carboxylic acids is 1. The zero-order valence-corrected chi connectivity index (χ0v) is 12.5. The van der Waals surface area contributed by atoms with Gasteiger partial charge in [0.05, 0.1) is 0 Å². The van der Waals surface area contributed by atoms with Gasteiger partial charge < -0.3 is 10.4 Å². The Bertz CT molecular complexity index is 439. The molecule has 110 valence electrons. The van der Waals surface area contributed by atoms with Crippen LogP contribution in [0.1, 0.15) is 13.3 Å². The van der Waals surface area contributed by atoms with Crippen molar-refractivity contribution in [2.45, 2.75) is 19.4 Å². The first-order valence-corrected chi connectivity index (χ1v) is 7.77. The first kappa shape index (κ1) is 16.4. The third kappa shape index (κ3) is 5.52. The van der Waals surface area contributed by atoms with Crippen LogP contribution in [0.2, 0.25) is 0 Å². The molecule has 0 heterocycles. The minimum absolute atomic E-state index is 0.00922. The summed E-state index contributed by atoms with van der Waals surface area (Å²) in [6.07, 6.45) is 2.86. The number of para-hydroxylation sites is 1. The molecule has 0 aliphatic carbocycles. The molecule has 0 radical (unpaired) electrons. The van der Waals surface area contributed by atoms with Gasteiger partial charge in [-0.15, -0.1) is 0 Å². The summed E-state index contributed by atoms with van der Waals surface area (Å²) >= 11 is 1.71. The highest BCUT2D eigenvalue weighted by molar-refractivity contribution is 7.98. The monoisotopic (exact) mass is 296 g/mol. The van der Waals surface area contributed by atoms with Crippen molar-refractivity contribution in [3.8, 4) is 0 Å². The summed E-state index contributed by atoms with van der Waals surface area (Å²) in [6, 6.07) is 8.43. The molecule has 0 spiro atoms. The van der Waals surface area contributed by atoms with Crippen molar-refractivity contribution in [3.63, 3.8) is 0 Å². The number of nitrogens with zero attached hydrogens (tertiary/aromatic N) is 1. The van der Waals surface area contributed by atoms with Crippen molar-refractivity contribution in [1.29, 1.82) is 0 Å². The van der Waals surface area contributed by atoms with Crippen molar-refractivity contribution in [3.05, 3.63) is 30.3 Å². The van der Waals surface area contributed by atoms with Crippen molar-refractivity contribution in [2.75, 3.05) is 23.5 Å². The van der Waals surface area contributed by atoms with E-state index in [1.165, 1.54) is 4.90 Å². The maximum atomic E-state index is 12.2. The fraction of sp³-hybridized carbons (Fsp3) is 0.429. The fourth-order valence-electron chi connectivity index (χ4n) is 1.68. The second-order valence-corrected chi connectivity index (χ2v) is 5.43. The van der Waals surface area contributed by atoms with Crippen LogP contribution in [0.25, 0.3) is 0 Å². The lowest BCUT2D eigenvalue weighted by Crippen LogP contribution is -2.46. The number of rotatable bonds is 7. The van der Waals surface area contributed by atoms with E-state index in [9.17, 15) is 9.59 Å². The van der Waals surface area contributed by atoms with Gasteiger partial charge in [0, 0.05) is 11.7 Å². The second-order valence-electron chi connectivity index (χ2n) is 4.45. The average molecular weight is 296 g/mol. The molecule has 0 saturated heterocycles. The molecule has 0 fully saturated rings. The molecule has 20 heavy (non-hydrogen) atoms. The zero-order valence-electron chi connectivity index (χ0n) is 11.7.